The fourth-order valence-corrected chi connectivity index (χ4v) is 2.20. The van der Waals surface area contributed by atoms with Gasteiger partial charge < -0.3 is 15.5 Å². The third-order valence-electron chi connectivity index (χ3n) is 2.89. The van der Waals surface area contributed by atoms with Gasteiger partial charge in [-0.2, -0.15) is 0 Å². The molecule has 0 unspecified atom stereocenters. The Bertz CT molecular complexity index is 449. The van der Waals surface area contributed by atoms with E-state index in [0.29, 0.717) is 24.0 Å². The van der Waals surface area contributed by atoms with Crippen LogP contribution >= 0.6 is 11.6 Å². The van der Waals surface area contributed by atoms with Gasteiger partial charge in [0.1, 0.15) is 0 Å². The highest BCUT2D eigenvalue weighted by Gasteiger charge is 2.11. The van der Waals surface area contributed by atoms with Crippen molar-refractivity contribution in [3.05, 3.63) is 28.8 Å². The molecule has 0 bridgehead atoms. The van der Waals surface area contributed by atoms with E-state index in [1.165, 1.54) is 0 Å². The molecule has 0 saturated carbocycles. The Labute approximate surface area is 126 Å². The third kappa shape index (κ3) is 5.39. The molecule has 0 fully saturated rings. The maximum absolute atomic E-state index is 11.8. The van der Waals surface area contributed by atoms with Crippen LogP contribution in [0.2, 0.25) is 5.02 Å². The number of nitrogens with zero attached hydrogens (tertiary/aromatic N) is 1. The number of benzene rings is 1. The van der Waals surface area contributed by atoms with Gasteiger partial charge in [-0.15, -0.1) is 0 Å². The van der Waals surface area contributed by atoms with E-state index in [2.05, 4.69) is 24.5 Å². The molecule has 0 spiro atoms. The smallest absolute Gasteiger partial charge is 0.239 e. The molecule has 1 aromatic carbocycles. The summed E-state index contributed by atoms with van der Waals surface area (Å²) in [6, 6.07) is 5.89. The fraction of sp³-hybridized carbons (Fsp3) is 0.533. The van der Waals surface area contributed by atoms with Crippen molar-refractivity contribution in [2.45, 2.75) is 20.4 Å². The van der Waals surface area contributed by atoms with Crippen LogP contribution in [0.25, 0.3) is 0 Å². The highest BCUT2D eigenvalue weighted by atomic mass is 35.5. The van der Waals surface area contributed by atoms with E-state index in [9.17, 15) is 4.79 Å². The maximum Gasteiger partial charge on any atom is 0.239 e. The first kappa shape index (κ1) is 16.8. The standard InChI is InChI=1S/C15H24ClN3O/c1-11(2)8-18-15(20)10-19(4)14-6-5-12(9-17-3)7-13(14)16/h5-7,11,17H,8-10H2,1-4H3,(H,18,20). The second-order valence-corrected chi connectivity index (χ2v) is 5.78. The molecule has 0 atom stereocenters. The molecule has 5 heteroatoms. The molecule has 0 saturated heterocycles. The average Bonchev–Trinajstić information content (AvgIpc) is 2.36. The maximum atomic E-state index is 11.8. The minimum absolute atomic E-state index is 0.0107. The Morgan fingerprint density at radius 2 is 2.10 bits per heavy atom. The van der Waals surface area contributed by atoms with Gasteiger partial charge in [0.2, 0.25) is 5.91 Å². The summed E-state index contributed by atoms with van der Waals surface area (Å²) in [5.74, 6) is 0.463. The normalized spacial score (nSPS) is 10.7. The third-order valence-corrected chi connectivity index (χ3v) is 3.20. The molecule has 0 aliphatic carbocycles. The van der Waals surface area contributed by atoms with Crippen molar-refractivity contribution in [2.24, 2.45) is 5.92 Å². The largest absolute Gasteiger partial charge is 0.364 e. The lowest BCUT2D eigenvalue weighted by Crippen LogP contribution is -2.36. The van der Waals surface area contributed by atoms with Crippen molar-refractivity contribution < 1.29 is 4.79 Å². The van der Waals surface area contributed by atoms with Crippen LogP contribution in [0.3, 0.4) is 0 Å². The number of rotatable bonds is 7. The van der Waals surface area contributed by atoms with Gasteiger partial charge in [-0.25, -0.2) is 0 Å². The summed E-state index contributed by atoms with van der Waals surface area (Å²) in [4.78, 5) is 13.7. The van der Waals surface area contributed by atoms with E-state index >= 15 is 0 Å². The molecule has 0 aliphatic heterocycles. The van der Waals surface area contributed by atoms with Crippen molar-refractivity contribution in [3.63, 3.8) is 0 Å². The summed E-state index contributed by atoms with van der Waals surface area (Å²) in [6.07, 6.45) is 0. The zero-order valence-corrected chi connectivity index (χ0v) is 13.4. The zero-order chi connectivity index (χ0) is 15.1. The van der Waals surface area contributed by atoms with Crippen molar-refractivity contribution >= 4 is 23.2 Å². The van der Waals surface area contributed by atoms with Gasteiger partial charge >= 0.3 is 0 Å². The molecular weight excluding hydrogens is 274 g/mol. The van der Waals surface area contributed by atoms with Crippen molar-refractivity contribution in [2.75, 3.05) is 32.1 Å². The van der Waals surface area contributed by atoms with Crippen LogP contribution in [-0.2, 0) is 11.3 Å². The lowest BCUT2D eigenvalue weighted by Gasteiger charge is -2.21. The first-order valence-corrected chi connectivity index (χ1v) is 7.22. The fourth-order valence-electron chi connectivity index (χ4n) is 1.85. The van der Waals surface area contributed by atoms with Gasteiger partial charge in [0.05, 0.1) is 17.3 Å². The minimum Gasteiger partial charge on any atom is -0.364 e. The lowest BCUT2D eigenvalue weighted by atomic mass is 10.2. The summed E-state index contributed by atoms with van der Waals surface area (Å²) in [5.41, 5.74) is 1.99. The topological polar surface area (TPSA) is 44.4 Å². The average molecular weight is 298 g/mol. The van der Waals surface area contributed by atoms with E-state index in [-0.39, 0.29) is 5.91 Å². The number of hydrogen-bond donors (Lipinski definition) is 2. The summed E-state index contributed by atoms with van der Waals surface area (Å²) >= 11 is 6.27. The van der Waals surface area contributed by atoms with Crippen molar-refractivity contribution in [1.29, 1.82) is 0 Å². The van der Waals surface area contributed by atoms with Gasteiger partial charge in [0, 0.05) is 20.1 Å². The monoisotopic (exact) mass is 297 g/mol. The summed E-state index contributed by atoms with van der Waals surface area (Å²) in [5, 5.41) is 6.65. The number of nitrogens with one attached hydrogen (secondary N) is 2. The van der Waals surface area contributed by atoms with Crippen LogP contribution in [0.4, 0.5) is 5.69 Å². The first-order chi connectivity index (χ1) is 9.43. The molecule has 2 N–H and O–H groups in total. The predicted octanol–water partition coefficient (Wildman–Crippen LogP) is 2.27. The second-order valence-electron chi connectivity index (χ2n) is 5.37. The quantitative estimate of drug-likeness (QED) is 0.811. The van der Waals surface area contributed by atoms with Crippen LogP contribution in [0.5, 0.6) is 0 Å². The van der Waals surface area contributed by atoms with Crippen molar-refractivity contribution in [3.8, 4) is 0 Å². The molecule has 1 aromatic rings. The number of carbonyl (C=O) groups excluding carboxylic acids is 1. The number of amides is 1. The SMILES string of the molecule is CNCc1ccc(N(C)CC(=O)NCC(C)C)c(Cl)c1. The molecule has 112 valence electrons. The molecular formula is C15H24ClN3O. The number of halogens is 1. The Hall–Kier alpha value is -1.26. The predicted molar refractivity (Wildman–Crippen MR) is 85.3 cm³/mol. The van der Waals surface area contributed by atoms with E-state index in [0.717, 1.165) is 17.8 Å². The summed E-state index contributed by atoms with van der Waals surface area (Å²) < 4.78 is 0. The van der Waals surface area contributed by atoms with Gasteiger partial charge in [-0.05, 0) is 30.7 Å². The van der Waals surface area contributed by atoms with Gasteiger partial charge in [-0.3, -0.25) is 4.79 Å². The second kappa shape index (κ2) is 8.12. The van der Waals surface area contributed by atoms with Crippen LogP contribution in [-0.4, -0.2) is 33.1 Å². The molecule has 1 rings (SSSR count). The molecule has 0 radical (unpaired) electrons. The van der Waals surface area contributed by atoms with E-state index in [1.807, 2.05) is 37.2 Å². The van der Waals surface area contributed by atoms with E-state index < -0.39 is 0 Å². The molecule has 0 aliphatic rings. The minimum atomic E-state index is 0.0107. The van der Waals surface area contributed by atoms with E-state index in [1.54, 1.807) is 0 Å². The Morgan fingerprint density at radius 3 is 2.65 bits per heavy atom. The van der Waals surface area contributed by atoms with Crippen LogP contribution in [0.1, 0.15) is 19.4 Å². The van der Waals surface area contributed by atoms with Crippen molar-refractivity contribution in [1.82, 2.24) is 10.6 Å². The Balaban J connectivity index is 2.63. The molecule has 0 aromatic heterocycles. The number of hydrogen-bond acceptors (Lipinski definition) is 3. The van der Waals surface area contributed by atoms with Gasteiger partial charge in [0.15, 0.2) is 0 Å². The van der Waals surface area contributed by atoms with Crippen LogP contribution < -0.4 is 15.5 Å². The zero-order valence-electron chi connectivity index (χ0n) is 12.7. The summed E-state index contributed by atoms with van der Waals surface area (Å²) in [7, 11) is 3.76. The van der Waals surface area contributed by atoms with Crippen LogP contribution in [0.15, 0.2) is 18.2 Å². The number of carbonyl (C=O) groups is 1. The Morgan fingerprint density at radius 1 is 1.40 bits per heavy atom. The Kier molecular flexibility index (Phi) is 6.82. The summed E-state index contributed by atoms with van der Waals surface area (Å²) in [6.45, 7) is 5.92. The molecule has 20 heavy (non-hydrogen) atoms. The molecule has 1 amide bonds. The van der Waals surface area contributed by atoms with Gasteiger partial charge in [0.25, 0.3) is 0 Å². The van der Waals surface area contributed by atoms with Gasteiger partial charge in [-0.1, -0.05) is 31.5 Å². The highest BCUT2D eigenvalue weighted by Crippen LogP contribution is 2.25. The lowest BCUT2D eigenvalue weighted by molar-refractivity contribution is -0.119. The molecule has 0 heterocycles. The van der Waals surface area contributed by atoms with E-state index in [4.69, 9.17) is 11.6 Å². The number of likely N-dealkylation sites (N-methyl/N-ethyl adjacent to an activating group) is 1. The van der Waals surface area contributed by atoms with Crippen LogP contribution in [0, 0.1) is 5.92 Å². The molecule has 4 nitrogen and oxygen atoms in total. The number of anilines is 1. The first-order valence-electron chi connectivity index (χ1n) is 6.85. The highest BCUT2D eigenvalue weighted by molar-refractivity contribution is 6.33.